The summed E-state index contributed by atoms with van der Waals surface area (Å²) < 4.78 is 0. The molecule has 2 N–H and O–H groups in total. The van der Waals surface area contributed by atoms with Crippen molar-refractivity contribution in [2.24, 2.45) is 10.7 Å². The Morgan fingerprint density at radius 1 is 1.36 bits per heavy atom. The molecule has 2 rings (SSSR count). The molecule has 0 aromatic heterocycles. The van der Waals surface area contributed by atoms with Gasteiger partial charge in [-0.15, -0.1) is 0 Å². The van der Waals surface area contributed by atoms with Gasteiger partial charge in [0.2, 0.25) is 0 Å². The van der Waals surface area contributed by atoms with E-state index < -0.39 is 0 Å². The van der Waals surface area contributed by atoms with E-state index in [4.69, 9.17) is 5.73 Å². The van der Waals surface area contributed by atoms with Crippen LogP contribution in [0.1, 0.15) is 11.6 Å². The van der Waals surface area contributed by atoms with Crippen molar-refractivity contribution in [2.75, 3.05) is 19.6 Å². The molecule has 1 aliphatic rings. The Balaban J connectivity index is 2.12. The maximum atomic E-state index is 5.55. The molecule has 1 heterocycles. The Kier molecular flexibility index (Phi) is 2.79. The molecular weight excluding hydrogens is 174 g/mol. The summed E-state index contributed by atoms with van der Waals surface area (Å²) in [5, 5.41) is 0. The Labute approximate surface area is 84.2 Å². The van der Waals surface area contributed by atoms with E-state index in [9.17, 15) is 0 Å². The number of nitrogens with two attached hydrogens (primary N) is 1. The lowest BCUT2D eigenvalue weighted by molar-refractivity contribution is 0.366. The largest absolute Gasteiger partial charge is 0.353 e. The van der Waals surface area contributed by atoms with E-state index in [-0.39, 0.29) is 0 Å². The van der Waals surface area contributed by atoms with Gasteiger partial charge in [0.15, 0.2) is 0 Å². The van der Waals surface area contributed by atoms with Gasteiger partial charge in [0.1, 0.15) is 0 Å². The molecule has 0 amide bonds. The Morgan fingerprint density at radius 3 is 2.86 bits per heavy atom. The summed E-state index contributed by atoms with van der Waals surface area (Å²) in [6.07, 6.45) is 1.91. The number of rotatable bonds is 3. The summed E-state index contributed by atoms with van der Waals surface area (Å²) in [5.74, 6) is 0. The molecule has 14 heavy (non-hydrogen) atoms. The number of aliphatic imine (C=N–C) groups is 1. The first-order valence-electron chi connectivity index (χ1n) is 4.92. The van der Waals surface area contributed by atoms with Gasteiger partial charge in [0, 0.05) is 13.1 Å². The van der Waals surface area contributed by atoms with Crippen molar-refractivity contribution in [1.82, 2.24) is 4.90 Å². The van der Waals surface area contributed by atoms with Crippen LogP contribution in [-0.4, -0.2) is 30.9 Å². The molecular formula is C11H15N3. The molecule has 1 aliphatic heterocycles. The summed E-state index contributed by atoms with van der Waals surface area (Å²) in [6, 6.07) is 10.8. The lowest BCUT2D eigenvalue weighted by Crippen LogP contribution is -2.29. The molecule has 74 valence electrons. The van der Waals surface area contributed by atoms with Crippen LogP contribution in [-0.2, 0) is 0 Å². The van der Waals surface area contributed by atoms with Crippen molar-refractivity contribution >= 4 is 6.34 Å². The molecule has 0 fully saturated rings. The van der Waals surface area contributed by atoms with Gasteiger partial charge in [-0.25, -0.2) is 0 Å². The van der Waals surface area contributed by atoms with Gasteiger partial charge in [-0.05, 0) is 5.56 Å². The molecule has 1 aromatic rings. The third-order valence-electron chi connectivity index (χ3n) is 2.48. The second kappa shape index (κ2) is 4.24. The normalized spacial score (nSPS) is 20.4. The maximum absolute atomic E-state index is 5.55. The zero-order chi connectivity index (χ0) is 9.80. The van der Waals surface area contributed by atoms with Gasteiger partial charge in [-0.2, -0.15) is 0 Å². The number of nitrogens with zero attached hydrogens (tertiary/aromatic N) is 2. The second-order valence-electron chi connectivity index (χ2n) is 3.43. The third-order valence-corrected chi connectivity index (χ3v) is 2.48. The SMILES string of the molecule is NCCN1C=NCC1c1ccccc1. The van der Waals surface area contributed by atoms with Crippen LogP contribution < -0.4 is 5.73 Å². The number of hydrogen-bond acceptors (Lipinski definition) is 3. The van der Waals surface area contributed by atoms with Gasteiger partial charge in [0.25, 0.3) is 0 Å². The standard InChI is InChI=1S/C11H15N3/c12-6-7-14-9-13-8-11(14)10-4-2-1-3-5-10/h1-5,9,11H,6-8,12H2. The van der Waals surface area contributed by atoms with Crippen molar-refractivity contribution < 1.29 is 0 Å². The average Bonchev–Trinajstić information content (AvgIpc) is 2.68. The highest BCUT2D eigenvalue weighted by atomic mass is 15.2. The highest BCUT2D eigenvalue weighted by Gasteiger charge is 2.20. The minimum Gasteiger partial charge on any atom is -0.353 e. The van der Waals surface area contributed by atoms with E-state index >= 15 is 0 Å². The van der Waals surface area contributed by atoms with Crippen LogP contribution in [0, 0.1) is 0 Å². The second-order valence-corrected chi connectivity index (χ2v) is 3.43. The van der Waals surface area contributed by atoms with Crippen LogP contribution >= 0.6 is 0 Å². The Bertz CT molecular complexity index is 308. The molecule has 0 saturated carbocycles. The van der Waals surface area contributed by atoms with Gasteiger partial charge >= 0.3 is 0 Å². The van der Waals surface area contributed by atoms with Gasteiger partial charge in [-0.1, -0.05) is 30.3 Å². The zero-order valence-corrected chi connectivity index (χ0v) is 8.13. The Morgan fingerprint density at radius 2 is 2.14 bits per heavy atom. The number of benzene rings is 1. The van der Waals surface area contributed by atoms with E-state index in [1.807, 2.05) is 12.4 Å². The minimum atomic E-state index is 0.389. The molecule has 0 spiro atoms. The summed E-state index contributed by atoms with van der Waals surface area (Å²) in [5.41, 5.74) is 6.86. The summed E-state index contributed by atoms with van der Waals surface area (Å²) in [4.78, 5) is 6.49. The van der Waals surface area contributed by atoms with Crippen molar-refractivity contribution in [3.8, 4) is 0 Å². The van der Waals surface area contributed by atoms with Gasteiger partial charge < -0.3 is 10.6 Å². The van der Waals surface area contributed by atoms with E-state index in [2.05, 4.69) is 34.2 Å². The highest BCUT2D eigenvalue weighted by molar-refractivity contribution is 5.59. The first-order chi connectivity index (χ1) is 6.92. The van der Waals surface area contributed by atoms with Crippen LogP contribution in [0.2, 0.25) is 0 Å². The molecule has 1 atom stereocenters. The molecule has 1 unspecified atom stereocenters. The van der Waals surface area contributed by atoms with Crippen molar-refractivity contribution in [3.63, 3.8) is 0 Å². The fraction of sp³-hybridized carbons (Fsp3) is 0.364. The first-order valence-corrected chi connectivity index (χ1v) is 4.92. The average molecular weight is 189 g/mol. The molecule has 0 radical (unpaired) electrons. The molecule has 0 bridgehead atoms. The van der Waals surface area contributed by atoms with Gasteiger partial charge in [0.05, 0.1) is 18.9 Å². The van der Waals surface area contributed by atoms with E-state index in [0.717, 1.165) is 13.1 Å². The quantitative estimate of drug-likeness (QED) is 0.771. The minimum absolute atomic E-state index is 0.389. The van der Waals surface area contributed by atoms with E-state index in [1.54, 1.807) is 0 Å². The lowest BCUT2D eigenvalue weighted by atomic mass is 10.1. The van der Waals surface area contributed by atoms with Crippen LogP contribution in [0.25, 0.3) is 0 Å². The van der Waals surface area contributed by atoms with Gasteiger partial charge in [-0.3, -0.25) is 4.99 Å². The van der Waals surface area contributed by atoms with E-state index in [0.29, 0.717) is 12.6 Å². The maximum Gasteiger partial charge on any atom is 0.0857 e. The van der Waals surface area contributed by atoms with E-state index in [1.165, 1.54) is 5.56 Å². The van der Waals surface area contributed by atoms with Crippen LogP contribution in [0.3, 0.4) is 0 Å². The van der Waals surface area contributed by atoms with Crippen molar-refractivity contribution in [2.45, 2.75) is 6.04 Å². The zero-order valence-electron chi connectivity index (χ0n) is 8.13. The van der Waals surface area contributed by atoms with Crippen LogP contribution in [0.15, 0.2) is 35.3 Å². The highest BCUT2D eigenvalue weighted by Crippen LogP contribution is 2.22. The summed E-state index contributed by atoms with van der Waals surface area (Å²) >= 11 is 0. The molecule has 1 aromatic carbocycles. The summed E-state index contributed by atoms with van der Waals surface area (Å²) in [7, 11) is 0. The number of hydrogen-bond donors (Lipinski definition) is 1. The van der Waals surface area contributed by atoms with Crippen molar-refractivity contribution in [1.29, 1.82) is 0 Å². The van der Waals surface area contributed by atoms with Crippen LogP contribution in [0.4, 0.5) is 0 Å². The fourth-order valence-corrected chi connectivity index (χ4v) is 1.77. The molecule has 3 heteroatoms. The topological polar surface area (TPSA) is 41.6 Å². The summed E-state index contributed by atoms with van der Waals surface area (Å²) in [6.45, 7) is 2.41. The molecule has 0 aliphatic carbocycles. The monoisotopic (exact) mass is 189 g/mol. The fourth-order valence-electron chi connectivity index (χ4n) is 1.77. The predicted molar refractivity (Wildman–Crippen MR) is 58.3 cm³/mol. The predicted octanol–water partition coefficient (Wildman–Crippen LogP) is 1.03. The molecule has 0 saturated heterocycles. The smallest absolute Gasteiger partial charge is 0.0857 e. The Hall–Kier alpha value is -1.35. The van der Waals surface area contributed by atoms with Crippen molar-refractivity contribution in [3.05, 3.63) is 35.9 Å². The first kappa shape index (κ1) is 9.21. The third kappa shape index (κ3) is 1.77. The van der Waals surface area contributed by atoms with Crippen LogP contribution in [0.5, 0.6) is 0 Å². The molecule has 3 nitrogen and oxygen atoms in total. The lowest BCUT2D eigenvalue weighted by Gasteiger charge is -2.23.